The molecule has 0 radical (unpaired) electrons. The molecule has 0 aliphatic heterocycles. The second-order valence-corrected chi connectivity index (χ2v) is 5.40. The molecule has 0 bridgehead atoms. The molecule has 0 saturated carbocycles. The van der Waals surface area contributed by atoms with Crippen molar-refractivity contribution >= 4 is 27.0 Å². The molecule has 2 heterocycles. The summed E-state index contributed by atoms with van der Waals surface area (Å²) >= 11 is 3.59. The zero-order valence-corrected chi connectivity index (χ0v) is 12.5. The van der Waals surface area contributed by atoms with E-state index in [4.69, 9.17) is 5.73 Å². The Kier molecular flexibility index (Phi) is 3.23. The first-order valence-corrected chi connectivity index (χ1v) is 7.03. The van der Waals surface area contributed by atoms with Gasteiger partial charge in [-0.25, -0.2) is 4.79 Å². The third-order valence-electron chi connectivity index (χ3n) is 3.27. The first-order valence-electron chi connectivity index (χ1n) is 6.24. The Labute approximate surface area is 123 Å². The second-order valence-electron chi connectivity index (χ2n) is 4.61. The zero-order valence-electron chi connectivity index (χ0n) is 10.9. The van der Waals surface area contributed by atoms with E-state index in [1.54, 1.807) is 0 Å². The smallest absolute Gasteiger partial charge is 0.323 e. The van der Waals surface area contributed by atoms with Crippen molar-refractivity contribution in [2.24, 2.45) is 12.8 Å². The SMILES string of the molecule is Cn1nc(-c2ccc3[nH]c(=O)[nH]c3c2)c(Br)c1CCN. The Bertz CT molecular complexity index is 829. The summed E-state index contributed by atoms with van der Waals surface area (Å²) in [7, 11) is 1.90. The van der Waals surface area contributed by atoms with Crippen LogP contribution in [0, 0.1) is 0 Å². The van der Waals surface area contributed by atoms with Crippen LogP contribution >= 0.6 is 15.9 Å². The topological polar surface area (TPSA) is 92.5 Å². The summed E-state index contributed by atoms with van der Waals surface area (Å²) in [4.78, 5) is 16.8. The molecule has 3 rings (SSSR count). The molecule has 6 nitrogen and oxygen atoms in total. The van der Waals surface area contributed by atoms with E-state index in [9.17, 15) is 4.79 Å². The average Bonchev–Trinajstić information content (AvgIpc) is 2.91. The van der Waals surface area contributed by atoms with E-state index in [1.165, 1.54) is 0 Å². The fraction of sp³-hybridized carbons (Fsp3) is 0.231. The van der Waals surface area contributed by atoms with E-state index in [0.717, 1.165) is 38.9 Å². The summed E-state index contributed by atoms with van der Waals surface area (Å²) in [5.74, 6) is 0. The lowest BCUT2D eigenvalue weighted by Crippen LogP contribution is -2.07. The van der Waals surface area contributed by atoms with Crippen molar-refractivity contribution in [1.82, 2.24) is 19.7 Å². The number of fused-ring (bicyclic) bond motifs is 1. The highest BCUT2D eigenvalue weighted by Crippen LogP contribution is 2.31. The summed E-state index contributed by atoms with van der Waals surface area (Å²) in [5, 5.41) is 4.52. The van der Waals surface area contributed by atoms with E-state index < -0.39 is 0 Å². The van der Waals surface area contributed by atoms with Gasteiger partial charge in [0.25, 0.3) is 0 Å². The maximum Gasteiger partial charge on any atom is 0.323 e. The molecule has 0 saturated heterocycles. The highest BCUT2D eigenvalue weighted by molar-refractivity contribution is 9.10. The highest BCUT2D eigenvalue weighted by Gasteiger charge is 2.15. The molecular weight excluding hydrogens is 322 g/mol. The predicted molar refractivity (Wildman–Crippen MR) is 81.6 cm³/mol. The number of hydrogen-bond acceptors (Lipinski definition) is 3. The number of nitrogens with one attached hydrogen (secondary N) is 2. The summed E-state index contributed by atoms with van der Waals surface area (Å²) in [6, 6.07) is 5.71. The van der Waals surface area contributed by atoms with Crippen molar-refractivity contribution in [2.45, 2.75) is 6.42 Å². The predicted octanol–water partition coefficient (Wildman–Crippen LogP) is 1.52. The van der Waals surface area contributed by atoms with Crippen LogP contribution in [-0.2, 0) is 13.5 Å². The van der Waals surface area contributed by atoms with Gasteiger partial charge in [-0.1, -0.05) is 6.07 Å². The third kappa shape index (κ3) is 2.08. The Morgan fingerprint density at radius 2 is 2.10 bits per heavy atom. The number of aromatic amines is 2. The van der Waals surface area contributed by atoms with Crippen LogP contribution in [0.2, 0.25) is 0 Å². The number of hydrogen-bond donors (Lipinski definition) is 3. The maximum absolute atomic E-state index is 11.3. The van der Waals surface area contributed by atoms with E-state index in [2.05, 4.69) is 31.0 Å². The summed E-state index contributed by atoms with van der Waals surface area (Å²) in [6.07, 6.45) is 0.757. The zero-order chi connectivity index (χ0) is 14.3. The number of H-pyrrole nitrogens is 2. The molecule has 0 fully saturated rings. The molecule has 0 spiro atoms. The van der Waals surface area contributed by atoms with Crippen molar-refractivity contribution in [1.29, 1.82) is 0 Å². The van der Waals surface area contributed by atoms with Gasteiger partial charge in [-0.15, -0.1) is 0 Å². The lowest BCUT2D eigenvalue weighted by atomic mass is 10.1. The largest absolute Gasteiger partial charge is 0.330 e. The van der Waals surface area contributed by atoms with Gasteiger partial charge in [0.2, 0.25) is 0 Å². The van der Waals surface area contributed by atoms with Crippen molar-refractivity contribution in [2.75, 3.05) is 6.54 Å². The molecule has 2 aromatic heterocycles. The minimum absolute atomic E-state index is 0.207. The molecule has 1 aromatic carbocycles. The van der Waals surface area contributed by atoms with Crippen LogP contribution in [0.1, 0.15) is 5.69 Å². The van der Waals surface area contributed by atoms with Crippen LogP contribution in [0.3, 0.4) is 0 Å². The lowest BCUT2D eigenvalue weighted by molar-refractivity contribution is 0.707. The minimum Gasteiger partial charge on any atom is -0.330 e. The molecule has 0 aliphatic carbocycles. The second kappa shape index (κ2) is 4.92. The number of nitrogens with zero attached hydrogens (tertiary/aromatic N) is 2. The van der Waals surface area contributed by atoms with Crippen LogP contribution in [-0.4, -0.2) is 26.3 Å². The molecule has 7 heteroatoms. The number of imidazole rings is 1. The fourth-order valence-corrected chi connectivity index (χ4v) is 3.07. The van der Waals surface area contributed by atoms with Gasteiger partial charge >= 0.3 is 5.69 Å². The maximum atomic E-state index is 11.3. The van der Waals surface area contributed by atoms with Gasteiger partial charge in [-0.2, -0.15) is 5.10 Å². The first kappa shape index (κ1) is 13.1. The lowest BCUT2D eigenvalue weighted by Gasteiger charge is -1.99. The van der Waals surface area contributed by atoms with Crippen molar-refractivity contribution < 1.29 is 0 Å². The van der Waals surface area contributed by atoms with Gasteiger partial charge in [0, 0.05) is 19.0 Å². The first-order chi connectivity index (χ1) is 9.60. The molecular formula is C13H14BrN5O. The molecule has 4 N–H and O–H groups in total. The fourth-order valence-electron chi connectivity index (χ4n) is 2.31. The molecule has 0 atom stereocenters. The summed E-state index contributed by atoms with van der Waals surface area (Å²) in [6.45, 7) is 0.571. The number of aryl methyl sites for hydroxylation is 1. The molecule has 20 heavy (non-hydrogen) atoms. The number of rotatable bonds is 3. The number of halogens is 1. The van der Waals surface area contributed by atoms with Crippen LogP contribution in [0.5, 0.6) is 0 Å². The van der Waals surface area contributed by atoms with Crippen molar-refractivity contribution in [3.05, 3.63) is 38.9 Å². The molecule has 0 amide bonds. The standard InChI is InChI=1S/C13H14BrN5O/c1-19-10(4-5-15)11(14)12(18-19)7-2-3-8-9(6-7)17-13(20)16-8/h2-3,6H,4-5,15H2,1H3,(H2,16,17,20). The molecule has 0 unspecified atom stereocenters. The van der Waals surface area contributed by atoms with Gasteiger partial charge in [-0.05, 0) is 34.6 Å². The van der Waals surface area contributed by atoms with Gasteiger partial charge in [0.05, 0.1) is 21.2 Å². The van der Waals surface area contributed by atoms with Gasteiger partial charge in [0.15, 0.2) is 0 Å². The molecule has 104 valence electrons. The third-order valence-corrected chi connectivity index (χ3v) is 4.11. The van der Waals surface area contributed by atoms with Crippen LogP contribution in [0.4, 0.5) is 0 Å². The normalized spacial score (nSPS) is 11.3. The summed E-state index contributed by atoms with van der Waals surface area (Å²) < 4.78 is 2.78. The van der Waals surface area contributed by atoms with Gasteiger partial charge in [0.1, 0.15) is 5.69 Å². The van der Waals surface area contributed by atoms with Crippen molar-refractivity contribution in [3.8, 4) is 11.3 Å². The van der Waals surface area contributed by atoms with Crippen molar-refractivity contribution in [3.63, 3.8) is 0 Å². The summed E-state index contributed by atoms with van der Waals surface area (Å²) in [5.41, 5.74) is 9.81. The van der Waals surface area contributed by atoms with Gasteiger partial charge in [-0.3, -0.25) is 4.68 Å². The minimum atomic E-state index is -0.207. The molecule has 3 aromatic rings. The van der Waals surface area contributed by atoms with E-state index in [0.29, 0.717) is 6.54 Å². The Hall–Kier alpha value is -1.86. The average molecular weight is 336 g/mol. The quantitative estimate of drug-likeness (QED) is 0.677. The van der Waals surface area contributed by atoms with Crippen LogP contribution in [0.25, 0.3) is 22.3 Å². The monoisotopic (exact) mass is 335 g/mol. The van der Waals surface area contributed by atoms with E-state index in [1.807, 2.05) is 29.9 Å². The number of benzene rings is 1. The van der Waals surface area contributed by atoms with E-state index >= 15 is 0 Å². The van der Waals surface area contributed by atoms with Crippen LogP contribution in [0.15, 0.2) is 27.5 Å². The van der Waals surface area contributed by atoms with Crippen LogP contribution < -0.4 is 11.4 Å². The number of nitrogens with two attached hydrogens (primary N) is 1. The van der Waals surface area contributed by atoms with E-state index in [-0.39, 0.29) is 5.69 Å². The Balaban J connectivity index is 2.15. The van der Waals surface area contributed by atoms with Gasteiger partial charge < -0.3 is 15.7 Å². The highest BCUT2D eigenvalue weighted by atomic mass is 79.9. The number of aromatic nitrogens is 4. The Morgan fingerprint density at radius 1 is 1.35 bits per heavy atom. The Morgan fingerprint density at radius 3 is 2.85 bits per heavy atom. The molecule has 0 aliphatic rings.